The van der Waals surface area contributed by atoms with Gasteiger partial charge in [-0.25, -0.2) is 4.98 Å². The van der Waals surface area contributed by atoms with Crippen molar-refractivity contribution in [1.29, 1.82) is 0 Å². The number of likely N-dealkylation sites (tertiary alicyclic amines) is 1. The topological polar surface area (TPSA) is 49.0 Å². The molecule has 0 radical (unpaired) electrons. The van der Waals surface area contributed by atoms with E-state index in [-0.39, 0.29) is 5.91 Å². The molecule has 0 spiro atoms. The molecule has 1 N–H and O–H groups in total. The first-order valence-electron chi connectivity index (χ1n) is 7.58. The molecular formula is C17H21N3O. The summed E-state index contributed by atoms with van der Waals surface area (Å²) in [5, 5.41) is 0. The fourth-order valence-electron chi connectivity index (χ4n) is 2.80. The van der Waals surface area contributed by atoms with Gasteiger partial charge in [0.15, 0.2) is 0 Å². The minimum Gasteiger partial charge on any atom is -0.339 e. The molecule has 1 saturated heterocycles. The van der Waals surface area contributed by atoms with Crippen molar-refractivity contribution < 1.29 is 4.79 Å². The number of para-hydroxylation sites is 2. The number of aromatic nitrogens is 2. The Morgan fingerprint density at radius 2 is 1.86 bits per heavy atom. The standard InChI is InChI=1S/C17H21N3O/c1-12(13(2)17(21)20-10-6-3-7-11-20)16-18-14-8-4-5-9-15(14)19-16/h4-5,8-9H,3,6-7,10-11H2,1-2H3,(H,18,19)/b13-12+. The van der Waals surface area contributed by atoms with Crippen molar-refractivity contribution in [1.82, 2.24) is 14.9 Å². The van der Waals surface area contributed by atoms with Gasteiger partial charge >= 0.3 is 0 Å². The van der Waals surface area contributed by atoms with Crippen LogP contribution in [0.3, 0.4) is 0 Å². The average molecular weight is 283 g/mol. The zero-order valence-electron chi connectivity index (χ0n) is 12.6. The van der Waals surface area contributed by atoms with Crippen molar-refractivity contribution in [2.45, 2.75) is 33.1 Å². The maximum Gasteiger partial charge on any atom is 0.249 e. The lowest BCUT2D eigenvalue weighted by molar-refractivity contribution is -0.127. The predicted octanol–water partition coefficient (Wildman–Crippen LogP) is 3.37. The monoisotopic (exact) mass is 283 g/mol. The number of piperidine rings is 1. The SMILES string of the molecule is C/C(C(=O)N1CCCCC1)=C(/C)c1nc2ccccc2[nH]1. The lowest BCUT2D eigenvalue weighted by Gasteiger charge is -2.27. The summed E-state index contributed by atoms with van der Waals surface area (Å²) in [6.45, 7) is 5.63. The molecule has 110 valence electrons. The molecule has 4 nitrogen and oxygen atoms in total. The van der Waals surface area contributed by atoms with E-state index in [4.69, 9.17) is 0 Å². The van der Waals surface area contributed by atoms with Crippen molar-refractivity contribution in [3.63, 3.8) is 0 Å². The highest BCUT2D eigenvalue weighted by Crippen LogP contribution is 2.21. The van der Waals surface area contributed by atoms with Gasteiger partial charge in [0.1, 0.15) is 5.82 Å². The summed E-state index contributed by atoms with van der Waals surface area (Å²) < 4.78 is 0. The third-order valence-electron chi connectivity index (χ3n) is 4.27. The summed E-state index contributed by atoms with van der Waals surface area (Å²) in [6.07, 6.45) is 3.46. The van der Waals surface area contributed by atoms with E-state index in [1.165, 1.54) is 6.42 Å². The molecular weight excluding hydrogens is 262 g/mol. The Morgan fingerprint density at radius 1 is 1.14 bits per heavy atom. The summed E-state index contributed by atoms with van der Waals surface area (Å²) in [5.74, 6) is 0.937. The van der Waals surface area contributed by atoms with Crippen LogP contribution in [0.5, 0.6) is 0 Å². The van der Waals surface area contributed by atoms with E-state index in [2.05, 4.69) is 9.97 Å². The first-order valence-corrected chi connectivity index (χ1v) is 7.58. The van der Waals surface area contributed by atoms with E-state index in [0.717, 1.165) is 53.9 Å². The van der Waals surface area contributed by atoms with Crippen LogP contribution in [0.4, 0.5) is 0 Å². The van der Waals surface area contributed by atoms with Crippen LogP contribution in [-0.2, 0) is 4.79 Å². The Kier molecular flexibility index (Phi) is 3.78. The fraction of sp³-hybridized carbons (Fsp3) is 0.412. The highest BCUT2D eigenvalue weighted by atomic mass is 16.2. The number of imidazole rings is 1. The summed E-state index contributed by atoms with van der Waals surface area (Å²) in [4.78, 5) is 22.4. The number of benzene rings is 1. The lowest BCUT2D eigenvalue weighted by atomic mass is 10.1. The number of nitrogens with zero attached hydrogens (tertiary/aromatic N) is 2. The van der Waals surface area contributed by atoms with Crippen molar-refractivity contribution in [3.05, 3.63) is 35.7 Å². The van der Waals surface area contributed by atoms with E-state index >= 15 is 0 Å². The maximum absolute atomic E-state index is 12.6. The number of nitrogens with one attached hydrogen (secondary N) is 1. The number of H-pyrrole nitrogens is 1. The zero-order valence-corrected chi connectivity index (χ0v) is 12.6. The minimum atomic E-state index is 0.146. The van der Waals surface area contributed by atoms with Crippen molar-refractivity contribution in [2.24, 2.45) is 0 Å². The number of fused-ring (bicyclic) bond motifs is 1. The third-order valence-corrected chi connectivity index (χ3v) is 4.27. The van der Waals surface area contributed by atoms with E-state index in [0.29, 0.717) is 0 Å². The number of hydrogen-bond donors (Lipinski definition) is 1. The largest absolute Gasteiger partial charge is 0.339 e. The molecule has 4 heteroatoms. The van der Waals surface area contributed by atoms with Crippen molar-refractivity contribution in [3.8, 4) is 0 Å². The van der Waals surface area contributed by atoms with E-state index in [1.807, 2.05) is 43.0 Å². The van der Waals surface area contributed by atoms with Crippen LogP contribution < -0.4 is 0 Å². The number of amides is 1. The van der Waals surface area contributed by atoms with Gasteiger partial charge in [-0.3, -0.25) is 4.79 Å². The molecule has 0 bridgehead atoms. The van der Waals surface area contributed by atoms with Gasteiger partial charge in [-0.2, -0.15) is 0 Å². The van der Waals surface area contributed by atoms with Gasteiger partial charge in [-0.15, -0.1) is 0 Å². The molecule has 0 unspecified atom stereocenters. The molecule has 1 amide bonds. The molecule has 0 atom stereocenters. The molecule has 1 fully saturated rings. The van der Waals surface area contributed by atoms with Crippen LogP contribution in [0.1, 0.15) is 38.9 Å². The fourth-order valence-corrected chi connectivity index (χ4v) is 2.80. The van der Waals surface area contributed by atoms with Crippen LogP contribution >= 0.6 is 0 Å². The number of allylic oxidation sites excluding steroid dienone is 1. The second-order valence-corrected chi connectivity index (χ2v) is 5.71. The number of carbonyl (C=O) groups excluding carboxylic acids is 1. The first kappa shape index (κ1) is 13.9. The van der Waals surface area contributed by atoms with Crippen LogP contribution in [0.15, 0.2) is 29.8 Å². The maximum atomic E-state index is 12.6. The lowest BCUT2D eigenvalue weighted by Crippen LogP contribution is -2.36. The Morgan fingerprint density at radius 3 is 2.57 bits per heavy atom. The molecule has 3 rings (SSSR count). The minimum absolute atomic E-state index is 0.146. The Labute approximate surface area is 124 Å². The number of rotatable bonds is 2. The van der Waals surface area contributed by atoms with E-state index in [9.17, 15) is 4.79 Å². The van der Waals surface area contributed by atoms with Gasteiger partial charge in [0.25, 0.3) is 0 Å². The molecule has 0 aliphatic carbocycles. The van der Waals surface area contributed by atoms with Gasteiger partial charge < -0.3 is 9.88 Å². The van der Waals surface area contributed by atoms with Gasteiger partial charge in [-0.1, -0.05) is 12.1 Å². The normalized spacial score (nSPS) is 17.0. The van der Waals surface area contributed by atoms with Gasteiger partial charge in [0.2, 0.25) is 5.91 Å². The smallest absolute Gasteiger partial charge is 0.249 e. The summed E-state index contributed by atoms with van der Waals surface area (Å²) in [6, 6.07) is 7.93. The van der Waals surface area contributed by atoms with Gasteiger partial charge in [0.05, 0.1) is 11.0 Å². The molecule has 1 aromatic carbocycles. The van der Waals surface area contributed by atoms with Crippen LogP contribution in [0, 0.1) is 0 Å². The molecule has 1 aliphatic heterocycles. The molecule has 1 aromatic heterocycles. The second-order valence-electron chi connectivity index (χ2n) is 5.71. The van der Waals surface area contributed by atoms with Gasteiger partial charge in [0, 0.05) is 24.2 Å². The van der Waals surface area contributed by atoms with E-state index in [1.54, 1.807) is 0 Å². The van der Waals surface area contributed by atoms with E-state index < -0.39 is 0 Å². The Hall–Kier alpha value is -2.10. The van der Waals surface area contributed by atoms with Gasteiger partial charge in [-0.05, 0) is 45.2 Å². The molecule has 21 heavy (non-hydrogen) atoms. The Bertz CT molecular complexity index is 660. The van der Waals surface area contributed by atoms with Crippen LogP contribution in [0.25, 0.3) is 16.6 Å². The summed E-state index contributed by atoms with van der Waals surface area (Å²) in [5.41, 5.74) is 3.66. The summed E-state index contributed by atoms with van der Waals surface area (Å²) in [7, 11) is 0. The molecule has 2 heterocycles. The quantitative estimate of drug-likeness (QED) is 0.859. The second kappa shape index (κ2) is 5.72. The molecule has 0 saturated carbocycles. The van der Waals surface area contributed by atoms with Crippen molar-refractivity contribution in [2.75, 3.05) is 13.1 Å². The average Bonchev–Trinajstić information content (AvgIpc) is 2.97. The number of hydrogen-bond acceptors (Lipinski definition) is 2. The van der Waals surface area contributed by atoms with Crippen LogP contribution in [0.2, 0.25) is 0 Å². The van der Waals surface area contributed by atoms with Crippen molar-refractivity contribution >= 4 is 22.5 Å². The van der Waals surface area contributed by atoms with Crippen LogP contribution in [-0.4, -0.2) is 33.9 Å². The highest BCUT2D eigenvalue weighted by Gasteiger charge is 2.20. The predicted molar refractivity (Wildman–Crippen MR) is 84.8 cm³/mol. The number of aromatic amines is 1. The molecule has 1 aliphatic rings. The first-order chi connectivity index (χ1) is 10.2. The summed E-state index contributed by atoms with van der Waals surface area (Å²) >= 11 is 0. The third kappa shape index (κ3) is 2.71. The highest BCUT2D eigenvalue weighted by molar-refractivity contribution is 6.00. The Balaban J connectivity index is 1.90. The molecule has 2 aromatic rings. The number of carbonyl (C=O) groups is 1. The zero-order chi connectivity index (χ0) is 14.8.